The van der Waals surface area contributed by atoms with E-state index in [0.717, 1.165) is 36.0 Å². The van der Waals surface area contributed by atoms with Crippen LogP contribution in [-0.2, 0) is 6.42 Å². The van der Waals surface area contributed by atoms with Gasteiger partial charge in [-0.1, -0.05) is 76.6 Å². The third kappa shape index (κ3) is 8.27. The quantitative estimate of drug-likeness (QED) is 0.233. The maximum absolute atomic E-state index is 14.1. The minimum absolute atomic E-state index is 0.107. The first-order valence-corrected chi connectivity index (χ1v) is 12.5. The van der Waals surface area contributed by atoms with E-state index in [2.05, 4.69) is 48.1 Å². The Labute approximate surface area is 198 Å². The van der Waals surface area contributed by atoms with Crippen LogP contribution in [0.4, 0.5) is 4.39 Å². The van der Waals surface area contributed by atoms with Gasteiger partial charge < -0.3 is 4.74 Å². The Morgan fingerprint density at radius 1 is 0.727 bits per heavy atom. The summed E-state index contributed by atoms with van der Waals surface area (Å²) in [4.78, 5) is 9.09. The van der Waals surface area contributed by atoms with Gasteiger partial charge in [0, 0.05) is 23.5 Å². The maximum Gasteiger partial charge on any atom is 0.159 e. The molecule has 3 nitrogen and oxygen atoms in total. The molecule has 2 aromatic carbocycles. The van der Waals surface area contributed by atoms with Crippen LogP contribution in [0.5, 0.6) is 5.75 Å². The SMILES string of the molecule is CCCCCCCC(F)COc1ccc(-c2ncc(-c3ccc(CCCC)cc3)cn2)cc1. The van der Waals surface area contributed by atoms with E-state index >= 15 is 0 Å². The lowest BCUT2D eigenvalue weighted by atomic mass is 10.0. The minimum Gasteiger partial charge on any atom is -0.491 e. The molecule has 1 heterocycles. The van der Waals surface area contributed by atoms with Crippen molar-refractivity contribution in [2.45, 2.75) is 77.8 Å². The van der Waals surface area contributed by atoms with Crippen LogP contribution in [0.2, 0.25) is 0 Å². The first-order chi connectivity index (χ1) is 16.2. The molecule has 1 unspecified atom stereocenters. The normalized spacial score (nSPS) is 12.0. The van der Waals surface area contributed by atoms with Crippen LogP contribution in [0, 0.1) is 0 Å². The molecule has 1 aromatic heterocycles. The van der Waals surface area contributed by atoms with Crippen molar-refractivity contribution in [3.63, 3.8) is 0 Å². The van der Waals surface area contributed by atoms with E-state index in [4.69, 9.17) is 4.74 Å². The van der Waals surface area contributed by atoms with Crippen molar-refractivity contribution in [2.75, 3.05) is 6.61 Å². The summed E-state index contributed by atoms with van der Waals surface area (Å²) in [5.74, 6) is 1.34. The molecule has 0 aliphatic carbocycles. The summed E-state index contributed by atoms with van der Waals surface area (Å²) in [5, 5.41) is 0. The predicted molar refractivity (Wildman–Crippen MR) is 135 cm³/mol. The van der Waals surface area contributed by atoms with Crippen LogP contribution in [0.1, 0.15) is 70.8 Å². The lowest BCUT2D eigenvalue weighted by Crippen LogP contribution is -2.12. The van der Waals surface area contributed by atoms with Crippen molar-refractivity contribution in [1.82, 2.24) is 9.97 Å². The Hall–Kier alpha value is -2.75. The van der Waals surface area contributed by atoms with Crippen molar-refractivity contribution in [2.24, 2.45) is 0 Å². The summed E-state index contributed by atoms with van der Waals surface area (Å²) in [7, 11) is 0. The van der Waals surface area contributed by atoms with Crippen LogP contribution >= 0.6 is 0 Å². The second-order valence-electron chi connectivity index (χ2n) is 8.73. The second kappa shape index (κ2) is 13.7. The van der Waals surface area contributed by atoms with E-state index in [1.165, 1.54) is 37.7 Å². The molecule has 4 heteroatoms. The Morgan fingerprint density at radius 2 is 1.36 bits per heavy atom. The van der Waals surface area contributed by atoms with Crippen LogP contribution in [0.3, 0.4) is 0 Å². The second-order valence-corrected chi connectivity index (χ2v) is 8.73. The summed E-state index contributed by atoms with van der Waals surface area (Å²) in [6.45, 7) is 4.51. The first kappa shape index (κ1) is 24.9. The van der Waals surface area contributed by atoms with Gasteiger partial charge in [0.25, 0.3) is 0 Å². The molecule has 0 aliphatic heterocycles. The molecule has 0 saturated heterocycles. The average Bonchev–Trinajstić information content (AvgIpc) is 2.87. The van der Waals surface area contributed by atoms with Crippen molar-refractivity contribution in [3.05, 3.63) is 66.5 Å². The van der Waals surface area contributed by atoms with Crippen molar-refractivity contribution in [3.8, 4) is 28.3 Å². The molecule has 0 bridgehead atoms. The van der Waals surface area contributed by atoms with E-state index < -0.39 is 6.17 Å². The largest absolute Gasteiger partial charge is 0.491 e. The summed E-state index contributed by atoms with van der Waals surface area (Å²) in [6, 6.07) is 16.2. The van der Waals surface area contributed by atoms with Gasteiger partial charge in [0.2, 0.25) is 0 Å². The molecular formula is C29H37FN2O. The van der Waals surface area contributed by atoms with Crippen molar-refractivity contribution < 1.29 is 9.13 Å². The molecule has 0 amide bonds. The maximum atomic E-state index is 14.1. The summed E-state index contributed by atoms with van der Waals surface area (Å²) in [6.07, 6.45) is 12.6. The standard InChI is InChI=1S/C29H37FN2O/c1-3-5-7-8-9-11-27(30)22-33-28-18-16-25(17-19-28)29-31-20-26(21-32-29)24-14-12-23(13-15-24)10-6-4-2/h12-21,27H,3-11,22H2,1-2H3. The minimum atomic E-state index is -0.914. The van der Waals surface area contributed by atoms with Gasteiger partial charge in [-0.25, -0.2) is 14.4 Å². The molecule has 1 atom stereocenters. The predicted octanol–water partition coefficient (Wildman–Crippen LogP) is 8.23. The molecule has 0 N–H and O–H groups in total. The smallest absolute Gasteiger partial charge is 0.159 e. The highest BCUT2D eigenvalue weighted by Gasteiger charge is 2.08. The Balaban J connectivity index is 1.49. The van der Waals surface area contributed by atoms with E-state index in [1.54, 1.807) is 0 Å². The zero-order valence-corrected chi connectivity index (χ0v) is 20.1. The number of aryl methyl sites for hydroxylation is 1. The van der Waals surface area contributed by atoms with E-state index in [9.17, 15) is 4.39 Å². The van der Waals surface area contributed by atoms with E-state index in [1.807, 2.05) is 36.7 Å². The lowest BCUT2D eigenvalue weighted by molar-refractivity contribution is 0.184. The molecule has 3 aromatic rings. The molecule has 0 fully saturated rings. The monoisotopic (exact) mass is 448 g/mol. The highest BCUT2D eigenvalue weighted by molar-refractivity contribution is 5.64. The van der Waals surface area contributed by atoms with Gasteiger partial charge in [-0.2, -0.15) is 0 Å². The number of rotatable bonds is 14. The van der Waals surface area contributed by atoms with Crippen LogP contribution in [-0.4, -0.2) is 22.7 Å². The Bertz CT molecular complexity index is 923. The zero-order chi connectivity index (χ0) is 23.3. The summed E-state index contributed by atoms with van der Waals surface area (Å²) in [5.41, 5.74) is 4.41. The molecular weight excluding hydrogens is 411 g/mol. The summed E-state index contributed by atoms with van der Waals surface area (Å²) >= 11 is 0. The number of ether oxygens (including phenoxy) is 1. The van der Waals surface area contributed by atoms with E-state index in [0.29, 0.717) is 18.0 Å². The van der Waals surface area contributed by atoms with Gasteiger partial charge in [-0.3, -0.25) is 0 Å². The number of nitrogens with zero attached hydrogens (tertiary/aromatic N) is 2. The number of unbranched alkanes of at least 4 members (excludes halogenated alkanes) is 5. The Kier molecular flexibility index (Phi) is 10.3. The van der Waals surface area contributed by atoms with Gasteiger partial charge in [0.1, 0.15) is 18.5 Å². The Morgan fingerprint density at radius 3 is 2.03 bits per heavy atom. The van der Waals surface area contributed by atoms with Gasteiger partial charge in [0.15, 0.2) is 5.82 Å². The molecule has 0 radical (unpaired) electrons. The van der Waals surface area contributed by atoms with Crippen molar-refractivity contribution in [1.29, 1.82) is 0 Å². The molecule has 33 heavy (non-hydrogen) atoms. The number of hydrogen-bond donors (Lipinski definition) is 0. The molecule has 0 aliphatic rings. The number of benzene rings is 2. The van der Waals surface area contributed by atoms with Gasteiger partial charge in [0.05, 0.1) is 0 Å². The van der Waals surface area contributed by atoms with E-state index in [-0.39, 0.29) is 6.61 Å². The number of alkyl halides is 1. The zero-order valence-electron chi connectivity index (χ0n) is 20.1. The lowest BCUT2D eigenvalue weighted by Gasteiger charge is -2.11. The average molecular weight is 449 g/mol. The fraction of sp³-hybridized carbons (Fsp3) is 0.448. The highest BCUT2D eigenvalue weighted by atomic mass is 19.1. The third-order valence-electron chi connectivity index (χ3n) is 5.92. The topological polar surface area (TPSA) is 35.0 Å². The van der Waals surface area contributed by atoms with Crippen LogP contribution < -0.4 is 4.74 Å². The number of aromatic nitrogens is 2. The van der Waals surface area contributed by atoms with Gasteiger partial charge in [-0.05, 0) is 54.7 Å². The molecule has 0 spiro atoms. The fourth-order valence-corrected chi connectivity index (χ4v) is 3.81. The number of halogens is 1. The van der Waals surface area contributed by atoms with Gasteiger partial charge in [-0.15, -0.1) is 0 Å². The number of hydrogen-bond acceptors (Lipinski definition) is 3. The third-order valence-corrected chi connectivity index (χ3v) is 5.92. The fourth-order valence-electron chi connectivity index (χ4n) is 3.81. The van der Waals surface area contributed by atoms with Crippen molar-refractivity contribution >= 4 is 0 Å². The molecule has 0 saturated carbocycles. The molecule has 3 rings (SSSR count). The van der Waals surface area contributed by atoms with Crippen LogP contribution in [0.25, 0.3) is 22.5 Å². The highest BCUT2D eigenvalue weighted by Crippen LogP contribution is 2.23. The van der Waals surface area contributed by atoms with Crippen LogP contribution in [0.15, 0.2) is 60.9 Å². The van der Waals surface area contributed by atoms with Gasteiger partial charge >= 0.3 is 0 Å². The summed E-state index contributed by atoms with van der Waals surface area (Å²) < 4.78 is 19.7. The molecule has 176 valence electrons. The first-order valence-electron chi connectivity index (χ1n) is 12.5.